The number of nitrogens with zero attached hydrogens (tertiary/aromatic N) is 4. The number of nitrogens with one attached hydrogen (secondary N) is 1. The number of anilines is 1. The average molecular weight is 285 g/mol. The summed E-state index contributed by atoms with van der Waals surface area (Å²) in [5.74, 6) is 1.11. The summed E-state index contributed by atoms with van der Waals surface area (Å²) in [5, 5.41) is 7.97. The maximum absolute atomic E-state index is 4.81. The van der Waals surface area contributed by atoms with Crippen molar-refractivity contribution in [2.75, 3.05) is 11.4 Å². The van der Waals surface area contributed by atoms with Crippen LogP contribution in [0.2, 0.25) is 0 Å². The Hall–Kier alpha value is -1.62. The Bertz CT molecular complexity index is 610. The third-order valence-electron chi connectivity index (χ3n) is 4.89. The van der Waals surface area contributed by atoms with E-state index in [2.05, 4.69) is 28.3 Å². The highest BCUT2D eigenvalue weighted by molar-refractivity contribution is 5.48. The molecular formula is C16H23N5. The molecule has 2 unspecified atom stereocenters. The van der Waals surface area contributed by atoms with Gasteiger partial charge in [0.25, 0.3) is 0 Å². The predicted molar refractivity (Wildman–Crippen MR) is 83.6 cm³/mol. The van der Waals surface area contributed by atoms with Crippen molar-refractivity contribution in [3.05, 3.63) is 24.5 Å². The second kappa shape index (κ2) is 5.30. The van der Waals surface area contributed by atoms with Crippen molar-refractivity contribution in [1.82, 2.24) is 19.9 Å². The first-order valence-electron chi connectivity index (χ1n) is 8.16. The summed E-state index contributed by atoms with van der Waals surface area (Å²) in [6.45, 7) is 3.33. The van der Waals surface area contributed by atoms with Crippen molar-refractivity contribution in [2.24, 2.45) is 0 Å². The van der Waals surface area contributed by atoms with Crippen LogP contribution in [0.3, 0.4) is 0 Å². The van der Waals surface area contributed by atoms with E-state index in [0.29, 0.717) is 18.1 Å². The Morgan fingerprint density at radius 2 is 2.10 bits per heavy atom. The van der Waals surface area contributed by atoms with Gasteiger partial charge in [-0.25, -0.2) is 9.50 Å². The fourth-order valence-corrected chi connectivity index (χ4v) is 3.97. The Balaban J connectivity index is 1.63. The predicted octanol–water partition coefficient (Wildman–Crippen LogP) is 2.23. The minimum absolute atomic E-state index is 0.626. The summed E-state index contributed by atoms with van der Waals surface area (Å²) in [5.41, 5.74) is 0.936. The molecule has 112 valence electrons. The van der Waals surface area contributed by atoms with Crippen LogP contribution in [0.1, 0.15) is 39.0 Å². The second-order valence-corrected chi connectivity index (χ2v) is 6.38. The van der Waals surface area contributed by atoms with Gasteiger partial charge in [0.05, 0.1) is 6.20 Å². The first-order chi connectivity index (χ1) is 10.3. The van der Waals surface area contributed by atoms with Crippen molar-refractivity contribution in [3.63, 3.8) is 0 Å². The SMILES string of the molecule is CCCN(c1ccn2nccc2n1)C1CC2CCC(C1)N2. The zero-order valence-electron chi connectivity index (χ0n) is 12.6. The fraction of sp³-hybridized carbons (Fsp3) is 0.625. The molecule has 2 saturated heterocycles. The van der Waals surface area contributed by atoms with Gasteiger partial charge in [0.15, 0.2) is 5.65 Å². The minimum Gasteiger partial charge on any atom is -0.353 e. The van der Waals surface area contributed by atoms with Crippen LogP contribution in [0, 0.1) is 0 Å². The highest BCUT2D eigenvalue weighted by Gasteiger charge is 2.36. The third-order valence-corrected chi connectivity index (χ3v) is 4.89. The van der Waals surface area contributed by atoms with E-state index < -0.39 is 0 Å². The summed E-state index contributed by atoms with van der Waals surface area (Å²) in [6.07, 6.45) is 10.2. The van der Waals surface area contributed by atoms with E-state index in [9.17, 15) is 0 Å². The number of hydrogen-bond acceptors (Lipinski definition) is 4. The fourth-order valence-electron chi connectivity index (χ4n) is 3.97. The van der Waals surface area contributed by atoms with Crippen LogP contribution < -0.4 is 10.2 Å². The molecule has 2 aliphatic heterocycles. The van der Waals surface area contributed by atoms with E-state index in [1.54, 1.807) is 6.20 Å². The van der Waals surface area contributed by atoms with Crippen LogP contribution in [0.4, 0.5) is 5.82 Å². The molecule has 2 atom stereocenters. The highest BCUT2D eigenvalue weighted by atomic mass is 15.3. The Morgan fingerprint density at radius 3 is 2.86 bits per heavy atom. The topological polar surface area (TPSA) is 45.5 Å². The minimum atomic E-state index is 0.626. The third kappa shape index (κ3) is 2.39. The maximum Gasteiger partial charge on any atom is 0.157 e. The molecule has 5 heteroatoms. The van der Waals surface area contributed by atoms with Crippen LogP contribution in [0.25, 0.3) is 5.65 Å². The number of hydrogen-bond donors (Lipinski definition) is 1. The lowest BCUT2D eigenvalue weighted by Crippen LogP contribution is -2.49. The van der Waals surface area contributed by atoms with Gasteiger partial charge in [0.1, 0.15) is 5.82 Å². The first-order valence-corrected chi connectivity index (χ1v) is 8.16. The number of aromatic nitrogens is 3. The standard InChI is InChI=1S/C16H23N5/c1-2-8-20(14-10-12-3-4-13(11-14)18-12)15-6-9-21-16(19-15)5-7-17-21/h5-7,9,12-14,18H,2-4,8,10-11H2,1H3. The summed E-state index contributed by atoms with van der Waals surface area (Å²) in [4.78, 5) is 7.33. The molecule has 0 spiro atoms. The van der Waals surface area contributed by atoms with Gasteiger partial charge in [-0.05, 0) is 38.2 Å². The molecule has 0 aliphatic carbocycles. The lowest BCUT2D eigenvalue weighted by Gasteiger charge is -2.38. The number of fused-ring (bicyclic) bond motifs is 3. The zero-order chi connectivity index (χ0) is 14.2. The molecule has 2 aliphatic rings. The van der Waals surface area contributed by atoms with Gasteiger partial charge in [0.2, 0.25) is 0 Å². The molecule has 5 nitrogen and oxygen atoms in total. The largest absolute Gasteiger partial charge is 0.353 e. The molecule has 2 fully saturated rings. The van der Waals surface area contributed by atoms with Gasteiger partial charge in [-0.3, -0.25) is 0 Å². The second-order valence-electron chi connectivity index (χ2n) is 6.38. The molecule has 1 N–H and O–H groups in total. The van der Waals surface area contributed by atoms with E-state index in [1.165, 1.54) is 25.7 Å². The average Bonchev–Trinajstić information content (AvgIpc) is 3.10. The van der Waals surface area contributed by atoms with Crippen LogP contribution in [0.5, 0.6) is 0 Å². The molecule has 2 bridgehead atoms. The molecule has 4 rings (SSSR count). The number of rotatable bonds is 4. The lowest BCUT2D eigenvalue weighted by molar-refractivity contribution is 0.345. The van der Waals surface area contributed by atoms with Gasteiger partial charge < -0.3 is 10.2 Å². The van der Waals surface area contributed by atoms with E-state index in [4.69, 9.17) is 4.98 Å². The van der Waals surface area contributed by atoms with E-state index in [-0.39, 0.29) is 0 Å². The van der Waals surface area contributed by atoms with Gasteiger partial charge in [-0.2, -0.15) is 5.10 Å². The molecule has 2 aromatic heterocycles. The van der Waals surface area contributed by atoms with Crippen LogP contribution in [0.15, 0.2) is 24.5 Å². The van der Waals surface area contributed by atoms with Gasteiger partial charge in [-0.1, -0.05) is 6.92 Å². The Labute approximate surface area is 125 Å². The summed E-state index contributed by atoms with van der Waals surface area (Å²) >= 11 is 0. The molecule has 0 saturated carbocycles. The van der Waals surface area contributed by atoms with Crippen molar-refractivity contribution in [2.45, 2.75) is 57.2 Å². The summed E-state index contributed by atoms with van der Waals surface area (Å²) < 4.78 is 1.83. The highest BCUT2D eigenvalue weighted by Crippen LogP contribution is 2.31. The summed E-state index contributed by atoms with van der Waals surface area (Å²) in [6, 6.07) is 6.14. The monoisotopic (exact) mass is 285 g/mol. The molecule has 2 aromatic rings. The normalized spacial score (nSPS) is 28.1. The Morgan fingerprint density at radius 1 is 1.29 bits per heavy atom. The van der Waals surface area contributed by atoms with Gasteiger partial charge in [0, 0.05) is 36.9 Å². The van der Waals surface area contributed by atoms with Crippen molar-refractivity contribution < 1.29 is 0 Å². The quantitative estimate of drug-likeness (QED) is 0.935. The molecule has 0 radical (unpaired) electrons. The van der Waals surface area contributed by atoms with Crippen LogP contribution >= 0.6 is 0 Å². The van der Waals surface area contributed by atoms with Crippen LogP contribution in [-0.2, 0) is 0 Å². The van der Waals surface area contributed by atoms with Crippen molar-refractivity contribution in [1.29, 1.82) is 0 Å². The molecular weight excluding hydrogens is 262 g/mol. The van der Waals surface area contributed by atoms with E-state index in [0.717, 1.165) is 24.4 Å². The molecule has 21 heavy (non-hydrogen) atoms. The summed E-state index contributed by atoms with van der Waals surface area (Å²) in [7, 11) is 0. The molecule has 4 heterocycles. The van der Waals surface area contributed by atoms with Crippen molar-refractivity contribution in [3.8, 4) is 0 Å². The van der Waals surface area contributed by atoms with E-state index in [1.807, 2.05) is 16.8 Å². The molecule has 0 amide bonds. The van der Waals surface area contributed by atoms with Crippen molar-refractivity contribution >= 4 is 11.5 Å². The van der Waals surface area contributed by atoms with E-state index >= 15 is 0 Å². The van der Waals surface area contributed by atoms with Gasteiger partial charge in [-0.15, -0.1) is 0 Å². The molecule has 0 aromatic carbocycles. The number of piperidine rings is 1. The lowest BCUT2D eigenvalue weighted by atomic mass is 9.98. The smallest absolute Gasteiger partial charge is 0.157 e. The van der Waals surface area contributed by atoms with Crippen LogP contribution in [-0.4, -0.2) is 39.3 Å². The Kier molecular flexibility index (Phi) is 3.30. The first kappa shape index (κ1) is 13.1. The van der Waals surface area contributed by atoms with Gasteiger partial charge >= 0.3 is 0 Å². The maximum atomic E-state index is 4.81. The zero-order valence-corrected chi connectivity index (χ0v) is 12.6.